The maximum absolute atomic E-state index is 12.4. The lowest BCUT2D eigenvalue weighted by Gasteiger charge is -2.12. The molecule has 0 bridgehead atoms. The van der Waals surface area contributed by atoms with Gasteiger partial charge in [0.15, 0.2) is 6.61 Å². The van der Waals surface area contributed by atoms with Crippen molar-refractivity contribution in [3.8, 4) is 5.75 Å². The lowest BCUT2D eigenvalue weighted by atomic mass is 9.99. The van der Waals surface area contributed by atoms with Crippen LogP contribution in [0.3, 0.4) is 0 Å². The van der Waals surface area contributed by atoms with Crippen LogP contribution in [0.1, 0.15) is 42.1 Å². The first-order valence-electron chi connectivity index (χ1n) is 10.1. The van der Waals surface area contributed by atoms with Crippen LogP contribution in [-0.4, -0.2) is 18.4 Å². The second kappa shape index (κ2) is 10.6. The summed E-state index contributed by atoms with van der Waals surface area (Å²) in [5.74, 6) is 0.518. The smallest absolute Gasteiger partial charge is 0.262 e. The number of carbonyl (C=O) groups is 2. The molecule has 2 N–H and O–H groups in total. The van der Waals surface area contributed by atoms with Gasteiger partial charge in [-0.05, 0) is 60.4 Å². The molecule has 1 atom stereocenters. The molecule has 0 aromatic heterocycles. The predicted octanol–water partition coefficient (Wildman–Crippen LogP) is 6.12. The molecule has 0 heterocycles. The number of hydrogen-bond donors (Lipinski definition) is 2. The van der Waals surface area contributed by atoms with Gasteiger partial charge in [-0.3, -0.25) is 9.59 Å². The Bertz CT molecular complexity index is 1050. The van der Waals surface area contributed by atoms with Crippen molar-refractivity contribution in [2.75, 3.05) is 17.2 Å². The van der Waals surface area contributed by atoms with Gasteiger partial charge in [-0.2, -0.15) is 0 Å². The van der Waals surface area contributed by atoms with Gasteiger partial charge in [-0.15, -0.1) is 0 Å². The highest BCUT2D eigenvalue weighted by Crippen LogP contribution is 2.22. The Morgan fingerprint density at radius 2 is 1.61 bits per heavy atom. The van der Waals surface area contributed by atoms with Gasteiger partial charge in [0, 0.05) is 11.4 Å². The molecule has 0 fully saturated rings. The van der Waals surface area contributed by atoms with Crippen molar-refractivity contribution >= 4 is 34.8 Å². The van der Waals surface area contributed by atoms with Crippen molar-refractivity contribution in [1.29, 1.82) is 0 Å². The molecule has 0 unspecified atom stereocenters. The monoisotopic (exact) mass is 436 g/mol. The molecule has 0 aliphatic heterocycles. The maximum Gasteiger partial charge on any atom is 0.262 e. The van der Waals surface area contributed by atoms with E-state index < -0.39 is 0 Å². The minimum absolute atomic E-state index is 0.112. The van der Waals surface area contributed by atoms with Crippen molar-refractivity contribution in [3.63, 3.8) is 0 Å². The zero-order chi connectivity index (χ0) is 22.2. The van der Waals surface area contributed by atoms with Gasteiger partial charge in [0.2, 0.25) is 0 Å². The highest BCUT2D eigenvalue weighted by atomic mass is 35.5. The van der Waals surface area contributed by atoms with Crippen LogP contribution in [0.2, 0.25) is 5.02 Å². The lowest BCUT2D eigenvalue weighted by molar-refractivity contribution is -0.118. The number of halogens is 1. The van der Waals surface area contributed by atoms with Crippen LogP contribution in [0.4, 0.5) is 11.4 Å². The summed E-state index contributed by atoms with van der Waals surface area (Å²) in [6.07, 6.45) is 1.07. The van der Waals surface area contributed by atoms with E-state index in [2.05, 4.69) is 24.5 Å². The molecule has 31 heavy (non-hydrogen) atoms. The summed E-state index contributed by atoms with van der Waals surface area (Å²) >= 11 is 6.07. The number of anilines is 2. The topological polar surface area (TPSA) is 67.4 Å². The molecular weight excluding hydrogens is 412 g/mol. The fourth-order valence-electron chi connectivity index (χ4n) is 2.99. The van der Waals surface area contributed by atoms with Gasteiger partial charge in [0.05, 0.1) is 10.6 Å². The van der Waals surface area contributed by atoms with E-state index in [9.17, 15) is 9.59 Å². The molecule has 0 saturated carbocycles. The minimum atomic E-state index is -0.321. The molecule has 3 aromatic rings. The highest BCUT2D eigenvalue weighted by Gasteiger charge is 2.11. The molecule has 5 nitrogen and oxygen atoms in total. The quantitative estimate of drug-likeness (QED) is 0.446. The number of nitrogens with one attached hydrogen (secondary N) is 2. The lowest BCUT2D eigenvalue weighted by Crippen LogP contribution is -2.20. The molecule has 3 aromatic carbocycles. The first-order chi connectivity index (χ1) is 15.0. The zero-order valence-corrected chi connectivity index (χ0v) is 18.3. The third-order valence-corrected chi connectivity index (χ3v) is 5.28. The fourth-order valence-corrected chi connectivity index (χ4v) is 3.21. The van der Waals surface area contributed by atoms with E-state index in [4.69, 9.17) is 16.3 Å². The zero-order valence-electron chi connectivity index (χ0n) is 17.5. The van der Waals surface area contributed by atoms with Gasteiger partial charge >= 0.3 is 0 Å². The number of benzene rings is 3. The molecule has 0 aliphatic carbocycles. The molecule has 0 radical (unpaired) electrons. The molecule has 0 saturated heterocycles. The number of ether oxygens (including phenoxy) is 1. The van der Waals surface area contributed by atoms with E-state index in [1.165, 1.54) is 5.56 Å². The molecule has 0 aliphatic rings. The van der Waals surface area contributed by atoms with Gasteiger partial charge < -0.3 is 15.4 Å². The molecule has 6 heteroatoms. The Hall–Kier alpha value is -3.31. The Morgan fingerprint density at radius 1 is 0.935 bits per heavy atom. The summed E-state index contributed by atoms with van der Waals surface area (Å²) in [4.78, 5) is 24.7. The van der Waals surface area contributed by atoms with Gasteiger partial charge in [0.1, 0.15) is 5.75 Å². The Labute approximate surface area is 187 Å². The Morgan fingerprint density at radius 3 is 2.29 bits per heavy atom. The first kappa shape index (κ1) is 22.4. The third-order valence-electron chi connectivity index (χ3n) is 4.95. The summed E-state index contributed by atoms with van der Waals surface area (Å²) in [7, 11) is 0. The average Bonchev–Trinajstić information content (AvgIpc) is 2.78. The van der Waals surface area contributed by atoms with Gasteiger partial charge in [-0.1, -0.05) is 55.8 Å². The SMILES string of the molecule is CC[C@H](C)c1ccc(OCC(=O)Nc2cccc(NC(=O)c3ccccc3Cl)c2)cc1. The third kappa shape index (κ3) is 6.33. The minimum Gasteiger partial charge on any atom is -0.484 e. The number of hydrogen-bond acceptors (Lipinski definition) is 3. The summed E-state index contributed by atoms with van der Waals surface area (Å²) in [5, 5.41) is 5.93. The number of amides is 2. The normalized spacial score (nSPS) is 11.5. The highest BCUT2D eigenvalue weighted by molar-refractivity contribution is 6.34. The Kier molecular flexibility index (Phi) is 7.68. The number of carbonyl (C=O) groups excluding carboxylic acids is 2. The predicted molar refractivity (Wildman–Crippen MR) is 125 cm³/mol. The largest absolute Gasteiger partial charge is 0.484 e. The van der Waals surface area contributed by atoms with E-state index in [1.54, 1.807) is 48.5 Å². The standard InChI is InChI=1S/C25H25ClN2O3/c1-3-17(2)18-11-13-21(14-12-18)31-16-24(29)27-19-7-6-8-20(15-19)28-25(30)22-9-4-5-10-23(22)26/h4-15,17H,3,16H2,1-2H3,(H,27,29)(H,28,30)/t17-/m0/s1. The van der Waals surface area contributed by atoms with Crippen LogP contribution in [-0.2, 0) is 4.79 Å². The van der Waals surface area contributed by atoms with Gasteiger partial charge in [0.25, 0.3) is 11.8 Å². The van der Waals surface area contributed by atoms with Gasteiger partial charge in [-0.25, -0.2) is 0 Å². The first-order valence-corrected chi connectivity index (χ1v) is 10.5. The Balaban J connectivity index is 1.55. The van der Waals surface area contributed by atoms with Crippen LogP contribution in [0.5, 0.6) is 5.75 Å². The molecular formula is C25H25ClN2O3. The van der Waals surface area contributed by atoms with Crippen LogP contribution in [0.15, 0.2) is 72.8 Å². The van der Waals surface area contributed by atoms with Crippen molar-refractivity contribution in [2.45, 2.75) is 26.2 Å². The van der Waals surface area contributed by atoms with Crippen LogP contribution >= 0.6 is 11.6 Å². The van der Waals surface area contributed by atoms with Crippen molar-refractivity contribution < 1.29 is 14.3 Å². The molecule has 160 valence electrons. The summed E-state index contributed by atoms with van der Waals surface area (Å²) < 4.78 is 5.58. The summed E-state index contributed by atoms with van der Waals surface area (Å²) in [6.45, 7) is 4.21. The van der Waals surface area contributed by atoms with E-state index in [0.717, 1.165) is 6.42 Å². The van der Waals surface area contributed by atoms with E-state index in [1.807, 2.05) is 24.3 Å². The van der Waals surface area contributed by atoms with Crippen LogP contribution < -0.4 is 15.4 Å². The van der Waals surface area contributed by atoms with Crippen molar-refractivity contribution in [1.82, 2.24) is 0 Å². The second-order valence-corrected chi connectivity index (χ2v) is 7.64. The maximum atomic E-state index is 12.4. The molecule has 3 rings (SSSR count). The van der Waals surface area contributed by atoms with Crippen molar-refractivity contribution in [3.05, 3.63) is 88.9 Å². The van der Waals surface area contributed by atoms with E-state index in [0.29, 0.717) is 33.6 Å². The second-order valence-electron chi connectivity index (χ2n) is 7.23. The molecule has 2 amide bonds. The van der Waals surface area contributed by atoms with E-state index in [-0.39, 0.29) is 18.4 Å². The van der Waals surface area contributed by atoms with Crippen LogP contribution in [0, 0.1) is 0 Å². The fraction of sp³-hybridized carbons (Fsp3) is 0.200. The average molecular weight is 437 g/mol. The number of rotatable bonds is 8. The summed E-state index contributed by atoms with van der Waals surface area (Å²) in [6, 6.07) is 21.5. The van der Waals surface area contributed by atoms with Crippen LogP contribution in [0.25, 0.3) is 0 Å². The van der Waals surface area contributed by atoms with E-state index >= 15 is 0 Å². The molecule has 0 spiro atoms. The van der Waals surface area contributed by atoms with Crippen molar-refractivity contribution in [2.24, 2.45) is 0 Å². The summed E-state index contributed by atoms with van der Waals surface area (Å²) in [5.41, 5.74) is 2.73.